The molecule has 2 aliphatic heterocycles. The first-order chi connectivity index (χ1) is 11.7. The minimum Gasteiger partial charge on any atom is -0.378 e. The summed E-state index contributed by atoms with van der Waals surface area (Å²) in [5, 5.41) is 3.42. The van der Waals surface area contributed by atoms with Gasteiger partial charge >= 0.3 is 0 Å². The van der Waals surface area contributed by atoms with Crippen LogP contribution in [0.1, 0.15) is 38.2 Å². The van der Waals surface area contributed by atoms with Crippen molar-refractivity contribution in [1.82, 2.24) is 10.2 Å². The van der Waals surface area contributed by atoms with Gasteiger partial charge < -0.3 is 15.0 Å². The second-order valence-corrected chi connectivity index (χ2v) is 7.21. The van der Waals surface area contributed by atoms with Crippen LogP contribution in [-0.4, -0.2) is 49.2 Å². The average molecular weight is 367 g/mol. The highest BCUT2D eigenvalue weighted by molar-refractivity contribution is 5.85. The summed E-state index contributed by atoms with van der Waals surface area (Å²) in [5.74, 6) is 0.586. The highest BCUT2D eigenvalue weighted by Gasteiger charge is 2.30. The van der Waals surface area contributed by atoms with Crippen molar-refractivity contribution in [3.8, 4) is 0 Å². The third kappa shape index (κ3) is 5.98. The number of amides is 1. The Hall–Kier alpha value is -1.10. The van der Waals surface area contributed by atoms with Gasteiger partial charge in [0.1, 0.15) is 0 Å². The first kappa shape index (κ1) is 20.2. The molecule has 0 saturated carbocycles. The molecule has 0 unspecified atom stereocenters. The van der Waals surface area contributed by atoms with Crippen molar-refractivity contribution in [2.45, 2.75) is 51.2 Å². The van der Waals surface area contributed by atoms with Gasteiger partial charge in [0, 0.05) is 25.0 Å². The van der Waals surface area contributed by atoms with E-state index in [1.807, 2.05) is 6.07 Å². The number of hydrogen-bond acceptors (Lipinski definition) is 3. The zero-order valence-corrected chi connectivity index (χ0v) is 16.0. The molecule has 2 atom stereocenters. The highest BCUT2D eigenvalue weighted by atomic mass is 35.5. The van der Waals surface area contributed by atoms with E-state index in [2.05, 4.69) is 41.4 Å². The standard InChI is InChI=1S/C20H30N2O2.ClH/c1-16-15-18(7-11-21-16)20(23)22-12-8-19(9-13-22)24-14-10-17-5-3-2-4-6-17;/h2-6,16,18-19,21H,7-15H2,1H3;1H/t16-,18-;/m0./s1. The van der Waals surface area contributed by atoms with Crippen molar-refractivity contribution in [2.24, 2.45) is 5.92 Å². The quantitative estimate of drug-likeness (QED) is 0.870. The molecule has 2 fully saturated rings. The molecule has 0 aliphatic carbocycles. The third-order valence-corrected chi connectivity index (χ3v) is 5.31. The van der Waals surface area contributed by atoms with Crippen molar-refractivity contribution < 1.29 is 9.53 Å². The van der Waals surface area contributed by atoms with Gasteiger partial charge in [0.05, 0.1) is 12.7 Å². The first-order valence-electron chi connectivity index (χ1n) is 9.40. The summed E-state index contributed by atoms with van der Waals surface area (Å²) in [7, 11) is 0. The molecule has 1 aromatic carbocycles. The fraction of sp³-hybridized carbons (Fsp3) is 0.650. The molecule has 0 bridgehead atoms. The number of nitrogens with one attached hydrogen (secondary N) is 1. The molecule has 0 radical (unpaired) electrons. The molecule has 2 heterocycles. The Morgan fingerprint density at radius 2 is 1.92 bits per heavy atom. The summed E-state index contributed by atoms with van der Waals surface area (Å²) >= 11 is 0. The number of likely N-dealkylation sites (tertiary alicyclic amines) is 1. The Morgan fingerprint density at radius 3 is 2.60 bits per heavy atom. The lowest BCUT2D eigenvalue weighted by Crippen LogP contribution is -2.47. The fourth-order valence-corrected chi connectivity index (χ4v) is 3.85. The third-order valence-electron chi connectivity index (χ3n) is 5.31. The number of rotatable bonds is 5. The molecule has 25 heavy (non-hydrogen) atoms. The molecule has 0 aromatic heterocycles. The van der Waals surface area contributed by atoms with E-state index in [1.54, 1.807) is 0 Å². The van der Waals surface area contributed by atoms with Crippen molar-refractivity contribution in [3.05, 3.63) is 35.9 Å². The second-order valence-electron chi connectivity index (χ2n) is 7.21. The largest absolute Gasteiger partial charge is 0.378 e. The molecule has 1 N–H and O–H groups in total. The predicted molar refractivity (Wildman–Crippen MR) is 103 cm³/mol. The van der Waals surface area contributed by atoms with Crippen LogP contribution >= 0.6 is 12.4 Å². The van der Waals surface area contributed by atoms with Gasteiger partial charge in [-0.2, -0.15) is 0 Å². The first-order valence-corrected chi connectivity index (χ1v) is 9.40. The smallest absolute Gasteiger partial charge is 0.225 e. The summed E-state index contributed by atoms with van der Waals surface area (Å²) in [6.45, 7) is 5.62. The van der Waals surface area contributed by atoms with E-state index < -0.39 is 0 Å². The number of carbonyl (C=O) groups excluding carboxylic acids is 1. The molecule has 2 aliphatic rings. The molecule has 2 saturated heterocycles. The maximum absolute atomic E-state index is 12.7. The lowest BCUT2D eigenvalue weighted by Gasteiger charge is -2.36. The van der Waals surface area contributed by atoms with Crippen LogP contribution in [0.4, 0.5) is 0 Å². The van der Waals surface area contributed by atoms with Gasteiger partial charge in [0.15, 0.2) is 0 Å². The van der Waals surface area contributed by atoms with Crippen LogP contribution in [0.5, 0.6) is 0 Å². The van der Waals surface area contributed by atoms with Crippen LogP contribution in [0.15, 0.2) is 30.3 Å². The van der Waals surface area contributed by atoms with E-state index >= 15 is 0 Å². The van der Waals surface area contributed by atoms with Gasteiger partial charge in [-0.1, -0.05) is 30.3 Å². The van der Waals surface area contributed by atoms with E-state index in [-0.39, 0.29) is 18.3 Å². The average Bonchev–Trinajstić information content (AvgIpc) is 2.63. The van der Waals surface area contributed by atoms with Gasteiger partial charge in [-0.05, 0) is 51.1 Å². The fourth-order valence-electron chi connectivity index (χ4n) is 3.85. The maximum Gasteiger partial charge on any atom is 0.225 e. The van der Waals surface area contributed by atoms with Gasteiger partial charge in [0.2, 0.25) is 5.91 Å². The number of nitrogens with zero attached hydrogens (tertiary/aromatic N) is 1. The Bertz CT molecular complexity index is 518. The second kappa shape index (κ2) is 10.1. The van der Waals surface area contributed by atoms with Gasteiger partial charge in [-0.3, -0.25) is 4.79 Å². The van der Waals surface area contributed by atoms with E-state index in [4.69, 9.17) is 4.74 Å². The Kier molecular flexibility index (Phi) is 8.20. The summed E-state index contributed by atoms with van der Waals surface area (Å²) in [6.07, 6.45) is 5.18. The predicted octanol–water partition coefficient (Wildman–Crippen LogP) is 3.05. The van der Waals surface area contributed by atoms with Crippen LogP contribution in [0.3, 0.4) is 0 Å². The SMILES string of the molecule is C[C@H]1C[C@@H](C(=O)N2CCC(OCCc3ccccc3)CC2)CCN1.Cl. The summed E-state index contributed by atoms with van der Waals surface area (Å²) < 4.78 is 6.03. The lowest BCUT2D eigenvalue weighted by atomic mass is 9.91. The topological polar surface area (TPSA) is 41.6 Å². The monoisotopic (exact) mass is 366 g/mol. The molecule has 1 amide bonds. The van der Waals surface area contributed by atoms with E-state index in [0.29, 0.717) is 18.1 Å². The molecular formula is C20H31ClN2O2. The van der Waals surface area contributed by atoms with Crippen LogP contribution in [0.25, 0.3) is 0 Å². The minimum absolute atomic E-state index is 0. The Morgan fingerprint density at radius 1 is 1.20 bits per heavy atom. The normalized spacial score (nSPS) is 24.6. The molecule has 1 aromatic rings. The summed E-state index contributed by atoms with van der Waals surface area (Å²) in [5.41, 5.74) is 1.32. The highest BCUT2D eigenvalue weighted by Crippen LogP contribution is 2.22. The summed E-state index contributed by atoms with van der Waals surface area (Å²) in [6, 6.07) is 10.9. The molecule has 4 nitrogen and oxygen atoms in total. The molecular weight excluding hydrogens is 336 g/mol. The molecule has 3 rings (SSSR count). The summed E-state index contributed by atoms with van der Waals surface area (Å²) in [4.78, 5) is 14.7. The lowest BCUT2D eigenvalue weighted by molar-refractivity contribution is -0.139. The molecule has 140 valence electrons. The Balaban J connectivity index is 0.00000225. The van der Waals surface area contributed by atoms with Crippen LogP contribution < -0.4 is 5.32 Å². The van der Waals surface area contributed by atoms with Crippen molar-refractivity contribution >= 4 is 18.3 Å². The molecule has 0 spiro atoms. The zero-order valence-electron chi connectivity index (χ0n) is 15.2. The van der Waals surface area contributed by atoms with Crippen LogP contribution in [0.2, 0.25) is 0 Å². The number of piperidine rings is 2. The van der Waals surface area contributed by atoms with E-state index in [9.17, 15) is 4.79 Å². The van der Waals surface area contributed by atoms with Gasteiger partial charge in [-0.15, -0.1) is 12.4 Å². The number of carbonyl (C=O) groups is 1. The van der Waals surface area contributed by atoms with Crippen molar-refractivity contribution in [2.75, 3.05) is 26.2 Å². The number of ether oxygens (including phenoxy) is 1. The number of halogens is 1. The van der Waals surface area contributed by atoms with Crippen molar-refractivity contribution in [3.63, 3.8) is 0 Å². The van der Waals surface area contributed by atoms with Crippen LogP contribution in [-0.2, 0) is 16.0 Å². The van der Waals surface area contributed by atoms with Gasteiger partial charge in [-0.25, -0.2) is 0 Å². The number of benzene rings is 1. The van der Waals surface area contributed by atoms with E-state index in [0.717, 1.165) is 58.3 Å². The minimum atomic E-state index is 0. The number of hydrogen-bond donors (Lipinski definition) is 1. The van der Waals surface area contributed by atoms with E-state index in [1.165, 1.54) is 5.56 Å². The van der Waals surface area contributed by atoms with Crippen LogP contribution in [0, 0.1) is 5.92 Å². The Labute approximate surface area is 157 Å². The molecule has 5 heteroatoms. The van der Waals surface area contributed by atoms with Crippen molar-refractivity contribution in [1.29, 1.82) is 0 Å². The zero-order chi connectivity index (χ0) is 16.8. The van der Waals surface area contributed by atoms with Gasteiger partial charge in [0.25, 0.3) is 0 Å². The maximum atomic E-state index is 12.7.